The molecule has 20 heavy (non-hydrogen) atoms. The minimum atomic E-state index is 0.664. The van der Waals surface area contributed by atoms with Crippen LogP contribution in [0.4, 0.5) is 0 Å². The Morgan fingerprint density at radius 2 is 1.85 bits per heavy atom. The van der Waals surface area contributed by atoms with Gasteiger partial charge >= 0.3 is 0 Å². The fraction of sp³-hybridized carbons (Fsp3) is 0.812. The van der Waals surface area contributed by atoms with Crippen LogP contribution in [0.25, 0.3) is 0 Å². The zero-order valence-electron chi connectivity index (χ0n) is 12.3. The van der Waals surface area contributed by atoms with Crippen LogP contribution in [0.3, 0.4) is 0 Å². The molecule has 2 aliphatic rings. The van der Waals surface area contributed by atoms with E-state index in [1.807, 2.05) is 0 Å². The Morgan fingerprint density at radius 3 is 2.55 bits per heavy atom. The number of alkyl halides is 1. The monoisotopic (exact) mass is 339 g/mol. The molecule has 3 rings (SSSR count). The number of hydrogen-bond donors (Lipinski definition) is 0. The maximum atomic E-state index is 4.83. The van der Waals surface area contributed by atoms with Gasteiger partial charge in [-0.05, 0) is 50.8 Å². The zero-order valence-corrected chi connectivity index (χ0v) is 13.9. The fourth-order valence-electron chi connectivity index (χ4n) is 3.54. The predicted octanol–water partition coefficient (Wildman–Crippen LogP) is 4.00. The predicted molar refractivity (Wildman–Crippen MR) is 86.1 cm³/mol. The van der Waals surface area contributed by atoms with Crippen molar-refractivity contribution in [2.75, 3.05) is 18.4 Å². The van der Waals surface area contributed by atoms with Gasteiger partial charge in [-0.3, -0.25) is 9.58 Å². The third-order valence-electron chi connectivity index (χ3n) is 4.92. The van der Waals surface area contributed by atoms with Crippen molar-refractivity contribution >= 4 is 15.9 Å². The second kappa shape index (κ2) is 7.08. The van der Waals surface area contributed by atoms with Gasteiger partial charge < -0.3 is 0 Å². The summed E-state index contributed by atoms with van der Waals surface area (Å²) in [6.07, 6.45) is 11.7. The summed E-state index contributed by atoms with van der Waals surface area (Å²) < 4.78 is 2.24. The van der Waals surface area contributed by atoms with E-state index >= 15 is 0 Å². The maximum Gasteiger partial charge on any atom is 0.0764 e. The summed E-state index contributed by atoms with van der Waals surface area (Å²) >= 11 is 3.61. The third kappa shape index (κ3) is 3.64. The topological polar surface area (TPSA) is 21.1 Å². The number of nitrogens with zero attached hydrogens (tertiary/aromatic N) is 3. The van der Waals surface area contributed by atoms with Gasteiger partial charge in [0, 0.05) is 18.1 Å². The SMILES string of the molecule is BrCC1CCN(Cc2ccn(C3CCCCC3)n2)CC1. The molecule has 4 heteroatoms. The first-order valence-electron chi connectivity index (χ1n) is 8.17. The lowest BCUT2D eigenvalue weighted by atomic mass is 9.96. The van der Waals surface area contributed by atoms with Gasteiger partial charge in [0.15, 0.2) is 0 Å². The molecule has 1 aliphatic heterocycles. The molecule has 0 atom stereocenters. The quantitative estimate of drug-likeness (QED) is 0.773. The minimum Gasteiger partial charge on any atom is -0.297 e. The summed E-state index contributed by atoms with van der Waals surface area (Å²) in [6, 6.07) is 2.89. The lowest BCUT2D eigenvalue weighted by Crippen LogP contribution is -2.33. The standard InChI is InChI=1S/C16H26BrN3/c17-12-14-6-9-19(10-7-14)13-15-8-11-20(18-15)16-4-2-1-3-5-16/h8,11,14,16H,1-7,9-10,12-13H2. The van der Waals surface area contributed by atoms with Crippen molar-refractivity contribution in [3.63, 3.8) is 0 Å². The normalized spacial score (nSPS) is 23.2. The smallest absolute Gasteiger partial charge is 0.0764 e. The Morgan fingerprint density at radius 1 is 1.10 bits per heavy atom. The van der Waals surface area contributed by atoms with Crippen molar-refractivity contribution in [1.82, 2.24) is 14.7 Å². The summed E-state index contributed by atoms with van der Waals surface area (Å²) in [5, 5.41) is 6.00. The molecule has 0 amide bonds. The van der Waals surface area contributed by atoms with Crippen molar-refractivity contribution < 1.29 is 0 Å². The Kier molecular flexibility index (Phi) is 5.16. The van der Waals surface area contributed by atoms with Crippen molar-refractivity contribution in [2.45, 2.75) is 57.5 Å². The van der Waals surface area contributed by atoms with Crippen LogP contribution in [0.15, 0.2) is 12.3 Å². The van der Waals surface area contributed by atoms with Gasteiger partial charge in [-0.15, -0.1) is 0 Å². The van der Waals surface area contributed by atoms with Gasteiger partial charge in [0.1, 0.15) is 0 Å². The molecule has 0 bridgehead atoms. The molecule has 1 saturated carbocycles. The molecule has 112 valence electrons. The van der Waals surface area contributed by atoms with E-state index in [-0.39, 0.29) is 0 Å². The van der Waals surface area contributed by atoms with E-state index in [0.717, 1.165) is 17.8 Å². The van der Waals surface area contributed by atoms with Crippen LogP contribution in [0, 0.1) is 5.92 Å². The Labute approximate surface area is 130 Å². The van der Waals surface area contributed by atoms with Crippen LogP contribution < -0.4 is 0 Å². The minimum absolute atomic E-state index is 0.664. The van der Waals surface area contributed by atoms with Crippen LogP contribution in [0.2, 0.25) is 0 Å². The van der Waals surface area contributed by atoms with Crippen molar-refractivity contribution in [3.8, 4) is 0 Å². The summed E-state index contributed by atoms with van der Waals surface area (Å²) in [5.41, 5.74) is 1.26. The van der Waals surface area contributed by atoms with E-state index in [1.54, 1.807) is 0 Å². The Balaban J connectivity index is 1.52. The van der Waals surface area contributed by atoms with Crippen LogP contribution in [0.5, 0.6) is 0 Å². The lowest BCUT2D eigenvalue weighted by Gasteiger charge is -2.30. The highest BCUT2D eigenvalue weighted by Crippen LogP contribution is 2.27. The first kappa shape index (κ1) is 14.6. The molecule has 0 spiro atoms. The molecule has 1 saturated heterocycles. The summed E-state index contributed by atoms with van der Waals surface area (Å²) in [7, 11) is 0. The Hall–Kier alpha value is -0.350. The largest absolute Gasteiger partial charge is 0.297 e. The molecule has 0 N–H and O–H groups in total. The number of aromatic nitrogens is 2. The van der Waals surface area contributed by atoms with E-state index in [0.29, 0.717) is 6.04 Å². The van der Waals surface area contributed by atoms with Crippen molar-refractivity contribution in [2.24, 2.45) is 5.92 Å². The molecular weight excluding hydrogens is 314 g/mol. The van der Waals surface area contributed by atoms with Gasteiger partial charge in [-0.25, -0.2) is 0 Å². The Bertz CT molecular complexity index is 404. The van der Waals surface area contributed by atoms with Gasteiger partial charge in [-0.1, -0.05) is 35.2 Å². The summed E-state index contributed by atoms with van der Waals surface area (Å²) in [5.74, 6) is 0.881. The molecule has 1 aromatic heterocycles. The first-order chi connectivity index (χ1) is 9.85. The van der Waals surface area contributed by atoms with Crippen LogP contribution in [-0.2, 0) is 6.54 Å². The summed E-state index contributed by atoms with van der Waals surface area (Å²) in [4.78, 5) is 2.56. The van der Waals surface area contributed by atoms with Crippen molar-refractivity contribution in [1.29, 1.82) is 0 Å². The number of likely N-dealkylation sites (tertiary alicyclic amines) is 1. The average molecular weight is 340 g/mol. The highest BCUT2D eigenvalue weighted by Gasteiger charge is 2.20. The molecule has 2 heterocycles. The molecule has 0 radical (unpaired) electrons. The van der Waals surface area contributed by atoms with E-state index in [9.17, 15) is 0 Å². The molecule has 1 aromatic rings. The number of rotatable bonds is 4. The highest BCUT2D eigenvalue weighted by atomic mass is 79.9. The second-order valence-electron chi connectivity index (χ2n) is 6.45. The number of piperidine rings is 1. The molecule has 2 fully saturated rings. The number of hydrogen-bond acceptors (Lipinski definition) is 2. The highest BCUT2D eigenvalue weighted by molar-refractivity contribution is 9.09. The van der Waals surface area contributed by atoms with E-state index in [2.05, 4.69) is 37.8 Å². The van der Waals surface area contributed by atoms with Gasteiger partial charge in [0.05, 0.1) is 11.7 Å². The van der Waals surface area contributed by atoms with Gasteiger partial charge in [-0.2, -0.15) is 5.10 Å². The summed E-state index contributed by atoms with van der Waals surface area (Å²) in [6.45, 7) is 3.49. The van der Waals surface area contributed by atoms with Crippen molar-refractivity contribution in [3.05, 3.63) is 18.0 Å². The van der Waals surface area contributed by atoms with Crippen LogP contribution in [-0.4, -0.2) is 33.1 Å². The van der Waals surface area contributed by atoms with Gasteiger partial charge in [0.2, 0.25) is 0 Å². The lowest BCUT2D eigenvalue weighted by molar-refractivity contribution is 0.184. The third-order valence-corrected chi connectivity index (χ3v) is 5.84. The maximum absolute atomic E-state index is 4.83. The van der Waals surface area contributed by atoms with Crippen LogP contribution >= 0.6 is 15.9 Å². The van der Waals surface area contributed by atoms with Gasteiger partial charge in [0.25, 0.3) is 0 Å². The zero-order chi connectivity index (χ0) is 13.8. The van der Waals surface area contributed by atoms with Crippen LogP contribution in [0.1, 0.15) is 56.7 Å². The first-order valence-corrected chi connectivity index (χ1v) is 9.29. The molecule has 0 unspecified atom stereocenters. The molecule has 0 aromatic carbocycles. The molecule has 3 nitrogen and oxygen atoms in total. The average Bonchev–Trinajstić information content (AvgIpc) is 2.97. The van der Waals surface area contributed by atoms with E-state index < -0.39 is 0 Å². The molecule has 1 aliphatic carbocycles. The fourth-order valence-corrected chi connectivity index (χ4v) is 4.19. The van der Waals surface area contributed by atoms with E-state index in [1.165, 1.54) is 63.7 Å². The number of halogens is 1. The molecular formula is C16H26BrN3. The second-order valence-corrected chi connectivity index (χ2v) is 7.10. The van der Waals surface area contributed by atoms with E-state index in [4.69, 9.17) is 5.10 Å².